The van der Waals surface area contributed by atoms with E-state index < -0.39 is 29.0 Å². The molecule has 2 saturated heterocycles. The van der Waals surface area contributed by atoms with Crippen LogP contribution in [-0.2, 0) is 6.18 Å². The van der Waals surface area contributed by atoms with Crippen molar-refractivity contribution in [2.75, 3.05) is 26.2 Å². The smallest absolute Gasteiger partial charge is 0.419 e. The van der Waals surface area contributed by atoms with Crippen LogP contribution in [0, 0.1) is 5.82 Å². The maximum Gasteiger partial charge on any atom is 0.419 e. The minimum Gasteiger partial charge on any atom is -0.472 e. The molecular formula is C23H24F4N4O2. The molecule has 1 aromatic carbocycles. The molecule has 10 heteroatoms. The van der Waals surface area contributed by atoms with Gasteiger partial charge in [-0.05, 0) is 31.4 Å². The van der Waals surface area contributed by atoms with Crippen LogP contribution in [0.5, 0.6) is 5.88 Å². The van der Waals surface area contributed by atoms with Crippen molar-refractivity contribution >= 4 is 5.91 Å². The fraction of sp³-hybridized carbons (Fsp3) is 0.522. The van der Waals surface area contributed by atoms with Gasteiger partial charge in [0.25, 0.3) is 5.91 Å². The molecule has 0 radical (unpaired) electrons. The summed E-state index contributed by atoms with van der Waals surface area (Å²) < 4.78 is 59.7. The molecular weight excluding hydrogens is 440 g/mol. The van der Waals surface area contributed by atoms with Gasteiger partial charge in [0.05, 0.1) is 29.2 Å². The largest absolute Gasteiger partial charge is 0.472 e. The van der Waals surface area contributed by atoms with Gasteiger partial charge < -0.3 is 9.64 Å². The molecule has 1 aromatic heterocycles. The maximum atomic E-state index is 14.5. The van der Waals surface area contributed by atoms with Gasteiger partial charge in [-0.1, -0.05) is 6.07 Å². The summed E-state index contributed by atoms with van der Waals surface area (Å²) in [5.74, 6) is -1.26. The van der Waals surface area contributed by atoms with Gasteiger partial charge in [-0.3, -0.25) is 14.7 Å². The Morgan fingerprint density at radius 2 is 1.91 bits per heavy atom. The number of hydrogen-bond acceptors (Lipinski definition) is 5. The van der Waals surface area contributed by atoms with Gasteiger partial charge in [0.1, 0.15) is 11.9 Å². The number of aromatic nitrogens is 2. The second-order valence-corrected chi connectivity index (χ2v) is 8.95. The van der Waals surface area contributed by atoms with Crippen LogP contribution >= 0.6 is 0 Å². The van der Waals surface area contributed by atoms with Crippen LogP contribution in [0.25, 0.3) is 0 Å². The monoisotopic (exact) mass is 464 g/mol. The average molecular weight is 464 g/mol. The van der Waals surface area contributed by atoms with E-state index in [0.717, 1.165) is 37.2 Å². The van der Waals surface area contributed by atoms with Gasteiger partial charge >= 0.3 is 6.18 Å². The van der Waals surface area contributed by atoms with Crippen LogP contribution in [-0.4, -0.2) is 64.0 Å². The zero-order chi connectivity index (χ0) is 23.2. The fourth-order valence-corrected chi connectivity index (χ4v) is 4.72. The topological polar surface area (TPSA) is 58.6 Å². The van der Waals surface area contributed by atoms with E-state index in [2.05, 4.69) is 14.9 Å². The Balaban J connectivity index is 1.25. The first-order chi connectivity index (χ1) is 15.8. The third kappa shape index (κ3) is 4.66. The molecule has 1 saturated carbocycles. The van der Waals surface area contributed by atoms with Gasteiger partial charge in [-0.2, -0.15) is 13.2 Å². The molecule has 3 fully saturated rings. The first kappa shape index (κ1) is 22.1. The first-order valence-corrected chi connectivity index (χ1v) is 11.2. The number of alkyl halides is 3. The van der Waals surface area contributed by atoms with Gasteiger partial charge in [0, 0.05) is 44.6 Å². The normalized spacial score (nSPS) is 23.8. The number of benzene rings is 1. The molecule has 2 aliphatic heterocycles. The number of halogens is 4. The Bertz CT molecular complexity index is 1030. The van der Waals surface area contributed by atoms with E-state index >= 15 is 0 Å². The summed E-state index contributed by atoms with van der Waals surface area (Å²) in [6, 6.07) is 2.81. The molecule has 3 aliphatic rings. The molecule has 1 aliphatic carbocycles. The summed E-state index contributed by atoms with van der Waals surface area (Å²) in [6.45, 7) is 2.06. The van der Waals surface area contributed by atoms with E-state index in [1.165, 1.54) is 4.90 Å². The number of carbonyl (C=O) groups is 1. The number of ether oxygens (including phenoxy) is 1. The molecule has 6 nitrogen and oxygen atoms in total. The maximum absolute atomic E-state index is 14.5. The number of carbonyl (C=O) groups excluding carboxylic acids is 1. The molecule has 1 amide bonds. The summed E-state index contributed by atoms with van der Waals surface area (Å²) in [7, 11) is 0. The van der Waals surface area contributed by atoms with E-state index in [1.54, 1.807) is 12.4 Å². The number of hydrogen-bond donors (Lipinski definition) is 0. The quantitative estimate of drug-likeness (QED) is 0.643. The van der Waals surface area contributed by atoms with Crippen molar-refractivity contribution in [2.45, 2.75) is 49.9 Å². The average Bonchev–Trinajstić information content (AvgIpc) is 3.58. The minimum atomic E-state index is -4.86. The second-order valence-electron chi connectivity index (χ2n) is 8.95. The van der Waals surface area contributed by atoms with E-state index in [1.807, 2.05) is 0 Å². The van der Waals surface area contributed by atoms with Gasteiger partial charge in [0.15, 0.2) is 0 Å². The van der Waals surface area contributed by atoms with E-state index in [9.17, 15) is 22.4 Å². The van der Waals surface area contributed by atoms with Crippen LogP contribution in [0.4, 0.5) is 17.6 Å². The molecule has 0 spiro atoms. The Hall–Kier alpha value is -2.75. The molecule has 33 heavy (non-hydrogen) atoms. The summed E-state index contributed by atoms with van der Waals surface area (Å²) in [4.78, 5) is 25.4. The third-order valence-corrected chi connectivity index (χ3v) is 6.55. The van der Waals surface area contributed by atoms with Crippen molar-refractivity contribution in [3.8, 4) is 5.88 Å². The lowest BCUT2D eigenvalue weighted by molar-refractivity contribution is -0.140. The standard InChI is InChI=1S/C23H24F4N4O2/c24-21-17(3-1-4-18(21)23(25,26)27)22(32)31-8-2-7-30-13-16(9-15(30)12-31)33-20-11-28-19(10-29-20)14-5-6-14/h1,3-4,10-11,14-16H,2,5-9,12-13H2. The fourth-order valence-electron chi connectivity index (χ4n) is 4.72. The summed E-state index contributed by atoms with van der Waals surface area (Å²) in [5, 5.41) is 0. The molecule has 2 atom stereocenters. The molecule has 5 rings (SSSR count). The number of fused-ring (bicyclic) bond motifs is 1. The van der Waals surface area contributed by atoms with Crippen molar-refractivity contribution in [3.63, 3.8) is 0 Å². The highest BCUT2D eigenvalue weighted by Gasteiger charge is 2.39. The molecule has 2 aromatic rings. The van der Waals surface area contributed by atoms with E-state index in [-0.39, 0.29) is 12.1 Å². The van der Waals surface area contributed by atoms with Crippen molar-refractivity contribution in [2.24, 2.45) is 0 Å². The van der Waals surface area contributed by atoms with Gasteiger partial charge in [0.2, 0.25) is 5.88 Å². The molecule has 0 bridgehead atoms. The van der Waals surface area contributed by atoms with Crippen LogP contribution in [0.2, 0.25) is 0 Å². The van der Waals surface area contributed by atoms with Crippen LogP contribution in [0.1, 0.15) is 53.2 Å². The molecule has 0 N–H and O–H groups in total. The molecule has 2 unspecified atom stereocenters. The SMILES string of the molecule is O=C(c1cccc(C(F)(F)F)c1F)N1CCCN2CC(Oc3cnc(C4CC4)cn3)CC2C1. The zero-order valence-electron chi connectivity index (χ0n) is 17.9. The van der Waals surface area contributed by atoms with E-state index in [4.69, 9.17) is 4.74 Å². The lowest BCUT2D eigenvalue weighted by Crippen LogP contribution is -2.40. The lowest BCUT2D eigenvalue weighted by atomic mass is 10.1. The van der Waals surface area contributed by atoms with Crippen LogP contribution < -0.4 is 4.74 Å². The lowest BCUT2D eigenvalue weighted by Gasteiger charge is -2.26. The number of rotatable bonds is 4. The van der Waals surface area contributed by atoms with Crippen molar-refractivity contribution in [1.29, 1.82) is 0 Å². The highest BCUT2D eigenvalue weighted by atomic mass is 19.4. The second kappa shape index (κ2) is 8.55. The van der Waals surface area contributed by atoms with Gasteiger partial charge in [-0.15, -0.1) is 0 Å². The highest BCUT2D eigenvalue weighted by molar-refractivity contribution is 5.94. The Morgan fingerprint density at radius 3 is 2.61 bits per heavy atom. The summed E-state index contributed by atoms with van der Waals surface area (Å²) in [5.41, 5.74) is -0.985. The van der Waals surface area contributed by atoms with E-state index in [0.29, 0.717) is 50.3 Å². The Labute approximate surface area is 188 Å². The molecule has 176 valence electrons. The predicted octanol–water partition coefficient (Wildman–Crippen LogP) is 3.88. The Kier molecular flexibility index (Phi) is 5.72. The van der Waals surface area contributed by atoms with Crippen molar-refractivity contribution in [3.05, 3.63) is 53.2 Å². The summed E-state index contributed by atoms with van der Waals surface area (Å²) >= 11 is 0. The predicted molar refractivity (Wildman–Crippen MR) is 110 cm³/mol. The first-order valence-electron chi connectivity index (χ1n) is 11.2. The molecule has 3 heterocycles. The van der Waals surface area contributed by atoms with Gasteiger partial charge in [-0.25, -0.2) is 9.37 Å². The van der Waals surface area contributed by atoms with Crippen LogP contribution in [0.3, 0.4) is 0 Å². The van der Waals surface area contributed by atoms with Crippen molar-refractivity contribution in [1.82, 2.24) is 19.8 Å². The summed E-state index contributed by atoms with van der Waals surface area (Å²) in [6.07, 6.45) is 1.99. The van der Waals surface area contributed by atoms with Crippen molar-refractivity contribution < 1.29 is 27.1 Å². The Morgan fingerprint density at radius 1 is 1.09 bits per heavy atom. The minimum absolute atomic E-state index is 0.0194. The number of nitrogens with zero attached hydrogens (tertiary/aromatic N) is 4. The van der Waals surface area contributed by atoms with Crippen LogP contribution in [0.15, 0.2) is 30.6 Å². The highest BCUT2D eigenvalue weighted by Crippen LogP contribution is 2.38. The zero-order valence-corrected chi connectivity index (χ0v) is 17.9. The third-order valence-electron chi connectivity index (χ3n) is 6.55. The number of amides is 1.